The highest BCUT2D eigenvalue weighted by Gasteiger charge is 2.50. The van der Waals surface area contributed by atoms with E-state index in [0.29, 0.717) is 34.2 Å². The molecule has 4 aromatic rings. The highest BCUT2D eigenvalue weighted by molar-refractivity contribution is 7.03. The van der Waals surface area contributed by atoms with Gasteiger partial charge in [0.25, 0.3) is 0 Å². The molecule has 0 saturated carbocycles. The molecule has 0 N–H and O–H groups in total. The summed E-state index contributed by atoms with van der Waals surface area (Å²) in [5.41, 5.74) is 3.40. The molecule has 32 heavy (non-hydrogen) atoms. The van der Waals surface area contributed by atoms with Crippen LogP contribution in [0, 0.1) is 5.92 Å². The van der Waals surface area contributed by atoms with Crippen LogP contribution in [0.25, 0.3) is 22.6 Å². The van der Waals surface area contributed by atoms with E-state index in [4.69, 9.17) is 13.9 Å². The monoisotopic (exact) mass is 448 g/mol. The molecular formula is C23H24N4O4Si. The van der Waals surface area contributed by atoms with Crippen molar-refractivity contribution < 1.29 is 18.7 Å². The van der Waals surface area contributed by atoms with E-state index in [2.05, 4.69) is 38.8 Å². The maximum Gasteiger partial charge on any atom is 0.338 e. The van der Waals surface area contributed by atoms with Crippen LogP contribution in [0.2, 0.25) is 12.1 Å². The molecule has 1 aliphatic heterocycles. The Hall–Kier alpha value is -3.46. The maximum absolute atomic E-state index is 12.0. The van der Waals surface area contributed by atoms with E-state index in [-0.39, 0.29) is 0 Å². The van der Waals surface area contributed by atoms with Crippen molar-refractivity contribution in [2.75, 3.05) is 14.2 Å². The Morgan fingerprint density at radius 2 is 2.03 bits per heavy atom. The van der Waals surface area contributed by atoms with Gasteiger partial charge in [0.2, 0.25) is 5.89 Å². The van der Waals surface area contributed by atoms with Gasteiger partial charge in [0.1, 0.15) is 17.3 Å². The van der Waals surface area contributed by atoms with Crippen LogP contribution < -0.4 is 15.4 Å². The maximum atomic E-state index is 12.0. The van der Waals surface area contributed by atoms with Gasteiger partial charge in [-0.15, -0.1) is 10.2 Å². The van der Waals surface area contributed by atoms with Gasteiger partial charge in [-0.05, 0) is 47.5 Å². The first-order chi connectivity index (χ1) is 15.4. The summed E-state index contributed by atoms with van der Waals surface area (Å²) in [4.78, 5) is 16.7. The summed E-state index contributed by atoms with van der Waals surface area (Å²) in [5, 5.41) is 9.93. The van der Waals surface area contributed by atoms with Gasteiger partial charge in [-0.25, -0.2) is 9.78 Å². The van der Waals surface area contributed by atoms with Crippen LogP contribution in [0.1, 0.15) is 17.3 Å². The van der Waals surface area contributed by atoms with Gasteiger partial charge in [0.05, 0.1) is 19.8 Å². The molecule has 1 aliphatic rings. The second-order valence-electron chi connectivity index (χ2n) is 8.48. The molecule has 0 spiro atoms. The largest absolute Gasteiger partial charge is 0.493 e. The predicted octanol–water partition coefficient (Wildman–Crippen LogP) is 2.63. The third-order valence-corrected chi connectivity index (χ3v) is 11.8. The lowest BCUT2D eigenvalue weighted by atomic mass is 10.2. The Kier molecular flexibility index (Phi) is 4.85. The van der Waals surface area contributed by atoms with Gasteiger partial charge in [-0.3, -0.25) is 0 Å². The number of hydrogen-bond donors (Lipinski definition) is 0. The first-order valence-electron chi connectivity index (χ1n) is 10.5. The zero-order valence-electron chi connectivity index (χ0n) is 18.5. The van der Waals surface area contributed by atoms with Gasteiger partial charge in [-0.1, -0.05) is 19.1 Å². The van der Waals surface area contributed by atoms with Crippen LogP contribution in [0.4, 0.5) is 0 Å². The summed E-state index contributed by atoms with van der Waals surface area (Å²) in [5.74, 6) is 1.15. The van der Waals surface area contributed by atoms with Gasteiger partial charge < -0.3 is 18.5 Å². The second-order valence-corrected chi connectivity index (χ2v) is 12.5. The van der Waals surface area contributed by atoms with Crippen molar-refractivity contribution in [1.29, 1.82) is 0 Å². The lowest BCUT2D eigenvalue weighted by Crippen LogP contribution is -2.68. The number of hydrogen-bond acceptors (Lipinski definition) is 7. The summed E-state index contributed by atoms with van der Waals surface area (Å²) in [7, 11) is 2.93. The first kappa shape index (κ1) is 20.4. The number of ether oxygens (including phenoxy) is 2. The number of benzene rings is 2. The van der Waals surface area contributed by atoms with Crippen LogP contribution in [0.5, 0.6) is 5.75 Å². The zero-order valence-corrected chi connectivity index (χ0v) is 19.5. The van der Waals surface area contributed by atoms with Crippen LogP contribution in [0.3, 0.4) is 0 Å². The number of carbonyl (C=O) groups is 1. The third-order valence-electron chi connectivity index (χ3n) is 6.29. The van der Waals surface area contributed by atoms with Crippen LogP contribution in [0.15, 0.2) is 47.1 Å². The lowest BCUT2D eigenvalue weighted by molar-refractivity contribution is 0.0600. The van der Waals surface area contributed by atoms with E-state index in [1.807, 2.05) is 19.2 Å². The molecule has 1 saturated heterocycles. The number of nitrogens with zero attached hydrogens (tertiary/aromatic N) is 4. The Balaban J connectivity index is 1.60. The Morgan fingerprint density at radius 3 is 2.69 bits per heavy atom. The third kappa shape index (κ3) is 3.11. The Labute approximate surface area is 186 Å². The second kappa shape index (κ2) is 7.59. The number of esters is 1. The van der Waals surface area contributed by atoms with Gasteiger partial charge in [0.15, 0.2) is 19.4 Å². The van der Waals surface area contributed by atoms with Crippen LogP contribution in [-0.4, -0.2) is 48.0 Å². The smallest absolute Gasteiger partial charge is 0.338 e. The summed E-state index contributed by atoms with van der Waals surface area (Å²) < 4.78 is 18.4. The van der Waals surface area contributed by atoms with Crippen molar-refractivity contribution in [3.8, 4) is 17.2 Å². The van der Waals surface area contributed by atoms with Crippen molar-refractivity contribution in [2.45, 2.75) is 19.0 Å². The van der Waals surface area contributed by atoms with E-state index in [0.717, 1.165) is 23.1 Å². The van der Waals surface area contributed by atoms with Crippen LogP contribution >= 0.6 is 0 Å². The topological polar surface area (TPSA) is 92.3 Å². The summed E-state index contributed by atoms with van der Waals surface area (Å²) in [6.45, 7) is 2.29. The van der Waals surface area contributed by atoms with E-state index < -0.39 is 14.0 Å². The number of methoxy groups -OCH3 is 2. The minimum absolute atomic E-state index is 0.363. The van der Waals surface area contributed by atoms with Crippen molar-refractivity contribution in [3.63, 3.8) is 0 Å². The average Bonchev–Trinajstić information content (AvgIpc) is 3.42. The number of rotatable bonds is 5. The molecule has 0 unspecified atom stereocenters. The van der Waals surface area contributed by atoms with Crippen molar-refractivity contribution in [3.05, 3.63) is 48.3 Å². The van der Waals surface area contributed by atoms with Crippen LogP contribution in [-0.2, 0) is 11.8 Å². The van der Waals surface area contributed by atoms with Crippen molar-refractivity contribution in [1.82, 2.24) is 19.7 Å². The number of aryl methyl sites for hydroxylation is 1. The van der Waals surface area contributed by atoms with E-state index in [1.54, 1.807) is 18.5 Å². The molecule has 9 heteroatoms. The molecular weight excluding hydrogens is 424 g/mol. The highest BCUT2D eigenvalue weighted by Crippen LogP contribution is 2.38. The minimum atomic E-state index is -1.97. The molecule has 1 fully saturated rings. The van der Waals surface area contributed by atoms with Gasteiger partial charge in [-0.2, -0.15) is 0 Å². The molecule has 8 nitrogen and oxygen atoms in total. The lowest BCUT2D eigenvalue weighted by Gasteiger charge is -2.43. The SMILES string of the molecule is COC(=O)c1cc(OC)c2oc(-c3cccc([Si]4(c5nncn5C)CC(C)C4)c3)nc2c1. The molecule has 3 heterocycles. The molecule has 2 aromatic heterocycles. The fraction of sp³-hybridized carbons (Fsp3) is 0.304. The minimum Gasteiger partial charge on any atom is -0.493 e. The summed E-state index contributed by atoms with van der Waals surface area (Å²) >= 11 is 0. The number of aromatic nitrogens is 4. The summed E-state index contributed by atoms with van der Waals surface area (Å²) in [6.07, 6.45) is 1.78. The van der Waals surface area contributed by atoms with Gasteiger partial charge >= 0.3 is 5.97 Å². The molecule has 0 atom stereocenters. The van der Waals surface area contributed by atoms with E-state index >= 15 is 0 Å². The number of oxazole rings is 1. The Bertz CT molecular complexity index is 1320. The van der Waals surface area contributed by atoms with E-state index in [1.165, 1.54) is 19.4 Å². The quantitative estimate of drug-likeness (QED) is 0.342. The predicted molar refractivity (Wildman–Crippen MR) is 122 cm³/mol. The molecule has 0 amide bonds. The van der Waals surface area contributed by atoms with Crippen molar-refractivity contribution >= 4 is 35.8 Å². The Morgan fingerprint density at radius 1 is 1.22 bits per heavy atom. The van der Waals surface area contributed by atoms with E-state index in [9.17, 15) is 4.79 Å². The first-order valence-corrected chi connectivity index (χ1v) is 12.9. The molecule has 2 aromatic carbocycles. The molecule has 164 valence electrons. The summed E-state index contributed by atoms with van der Waals surface area (Å²) in [6, 6.07) is 13.9. The zero-order chi connectivity index (χ0) is 22.5. The molecule has 0 radical (unpaired) electrons. The normalized spacial score (nSPS) is 20.2. The van der Waals surface area contributed by atoms with Gasteiger partial charge in [0, 0.05) is 12.6 Å². The fourth-order valence-corrected chi connectivity index (χ4v) is 10.0. The number of fused-ring (bicyclic) bond motifs is 1. The molecule has 0 aliphatic carbocycles. The fourth-order valence-electron chi connectivity index (χ4n) is 4.86. The van der Waals surface area contributed by atoms with Crippen molar-refractivity contribution in [2.24, 2.45) is 13.0 Å². The standard InChI is InChI=1S/C23H24N4O4Si/c1-14-11-32(12-14,23-26-24-13-27(23)2)17-7-5-6-15(8-17)21-25-18-9-16(22(28)30-4)10-19(29-3)20(18)31-21/h5-10,13-14H,11-12H2,1-4H3. The number of carbonyl (C=O) groups excluding carboxylic acids is 1. The molecule has 5 rings (SSSR count). The average molecular weight is 449 g/mol. The molecule has 0 bridgehead atoms. The highest BCUT2D eigenvalue weighted by atomic mass is 28.3.